The average molecular weight is 376 g/mol. The number of rotatable bonds is 4. The smallest absolute Gasteiger partial charge is 0.254 e. The Kier molecular flexibility index (Phi) is 5.19. The molecule has 0 bridgehead atoms. The van der Waals surface area contributed by atoms with E-state index in [0.717, 1.165) is 5.69 Å². The second kappa shape index (κ2) is 8.08. The predicted molar refractivity (Wildman–Crippen MR) is 108 cm³/mol. The zero-order chi connectivity index (χ0) is 19.3. The minimum atomic E-state index is -0.229. The number of anilines is 3. The van der Waals surface area contributed by atoms with Gasteiger partial charge in [0.25, 0.3) is 5.91 Å². The number of aromatic nitrogens is 1. The first kappa shape index (κ1) is 18.0. The number of hydrogen-bond acceptors (Lipinski definition) is 4. The lowest BCUT2D eigenvalue weighted by Crippen LogP contribution is -2.49. The summed E-state index contributed by atoms with van der Waals surface area (Å²) >= 11 is 0. The summed E-state index contributed by atoms with van der Waals surface area (Å²) < 4.78 is 14.0. The molecule has 0 atom stereocenters. The monoisotopic (exact) mass is 376 g/mol. The molecule has 142 valence electrons. The molecule has 2 aromatic carbocycles. The Morgan fingerprint density at radius 2 is 1.64 bits per heavy atom. The van der Waals surface area contributed by atoms with Crippen molar-refractivity contribution in [3.05, 3.63) is 84.3 Å². The lowest BCUT2D eigenvalue weighted by Gasteiger charge is -2.36. The summed E-state index contributed by atoms with van der Waals surface area (Å²) in [4.78, 5) is 21.0. The van der Waals surface area contributed by atoms with Crippen molar-refractivity contribution in [3.8, 4) is 0 Å². The predicted octanol–water partition coefficient (Wildman–Crippen LogP) is 3.93. The molecule has 4 rings (SSSR count). The van der Waals surface area contributed by atoms with Gasteiger partial charge in [-0.05, 0) is 36.4 Å². The van der Waals surface area contributed by atoms with E-state index in [2.05, 4.69) is 10.3 Å². The Labute approximate surface area is 163 Å². The van der Waals surface area contributed by atoms with E-state index in [0.29, 0.717) is 43.2 Å². The molecule has 1 amide bonds. The summed E-state index contributed by atoms with van der Waals surface area (Å²) in [6.45, 7) is 2.31. The Hall–Kier alpha value is -3.41. The van der Waals surface area contributed by atoms with Crippen molar-refractivity contribution in [3.63, 3.8) is 0 Å². The molecule has 1 saturated heterocycles. The van der Waals surface area contributed by atoms with Gasteiger partial charge in [-0.3, -0.25) is 4.79 Å². The maximum Gasteiger partial charge on any atom is 0.254 e. The van der Waals surface area contributed by atoms with E-state index in [1.54, 1.807) is 35.4 Å². The molecule has 1 aliphatic rings. The summed E-state index contributed by atoms with van der Waals surface area (Å²) in [5.74, 6) is 0.363. The molecule has 0 radical (unpaired) electrons. The number of piperazine rings is 1. The van der Waals surface area contributed by atoms with Gasteiger partial charge in [-0.2, -0.15) is 0 Å². The standard InChI is InChI=1S/C22H21FN4O/c23-19-8-4-5-9-20(19)26-12-14-27(15-13-26)22(28)17-10-11-24-21(16-17)25-18-6-2-1-3-7-18/h1-11,16H,12-15H2,(H,24,25). The third kappa shape index (κ3) is 3.96. The van der Waals surface area contributed by atoms with Crippen molar-refractivity contribution in [1.82, 2.24) is 9.88 Å². The number of carbonyl (C=O) groups is 1. The van der Waals surface area contributed by atoms with Crippen LogP contribution in [0.5, 0.6) is 0 Å². The van der Waals surface area contributed by atoms with Gasteiger partial charge in [0.2, 0.25) is 0 Å². The Morgan fingerprint density at radius 3 is 2.39 bits per heavy atom. The molecule has 0 saturated carbocycles. The number of para-hydroxylation sites is 2. The first-order valence-corrected chi connectivity index (χ1v) is 9.27. The van der Waals surface area contributed by atoms with E-state index < -0.39 is 0 Å². The number of halogens is 1. The lowest BCUT2D eigenvalue weighted by molar-refractivity contribution is 0.0746. The van der Waals surface area contributed by atoms with Gasteiger partial charge in [0, 0.05) is 43.6 Å². The molecular weight excluding hydrogens is 355 g/mol. The Bertz CT molecular complexity index is 956. The van der Waals surface area contributed by atoms with Gasteiger partial charge in [-0.15, -0.1) is 0 Å². The van der Waals surface area contributed by atoms with Crippen LogP contribution in [0.2, 0.25) is 0 Å². The number of amides is 1. The van der Waals surface area contributed by atoms with Crippen LogP contribution < -0.4 is 10.2 Å². The number of benzene rings is 2. The van der Waals surface area contributed by atoms with Gasteiger partial charge in [-0.25, -0.2) is 9.37 Å². The average Bonchev–Trinajstić information content (AvgIpc) is 2.75. The van der Waals surface area contributed by atoms with Crippen LogP contribution >= 0.6 is 0 Å². The fourth-order valence-electron chi connectivity index (χ4n) is 3.34. The normalized spacial score (nSPS) is 14.0. The van der Waals surface area contributed by atoms with E-state index in [-0.39, 0.29) is 11.7 Å². The number of carbonyl (C=O) groups excluding carboxylic acids is 1. The lowest BCUT2D eigenvalue weighted by atomic mass is 10.2. The van der Waals surface area contributed by atoms with Gasteiger partial charge in [-0.1, -0.05) is 30.3 Å². The van der Waals surface area contributed by atoms with Crippen LogP contribution in [-0.2, 0) is 0 Å². The highest BCUT2D eigenvalue weighted by Crippen LogP contribution is 2.21. The van der Waals surface area contributed by atoms with E-state index in [9.17, 15) is 9.18 Å². The van der Waals surface area contributed by atoms with E-state index in [1.165, 1.54) is 6.07 Å². The third-order valence-corrected chi connectivity index (χ3v) is 4.81. The summed E-state index contributed by atoms with van der Waals surface area (Å²) in [6.07, 6.45) is 1.63. The number of hydrogen-bond donors (Lipinski definition) is 1. The molecule has 0 unspecified atom stereocenters. The molecule has 6 heteroatoms. The molecule has 1 fully saturated rings. The summed E-state index contributed by atoms with van der Waals surface area (Å²) in [5, 5.41) is 3.21. The molecule has 3 aromatic rings. The van der Waals surface area contributed by atoms with Crippen LogP contribution in [0.25, 0.3) is 0 Å². The fourth-order valence-corrected chi connectivity index (χ4v) is 3.34. The van der Waals surface area contributed by atoms with Crippen molar-refractivity contribution < 1.29 is 9.18 Å². The zero-order valence-corrected chi connectivity index (χ0v) is 15.4. The van der Waals surface area contributed by atoms with E-state index in [1.807, 2.05) is 41.3 Å². The van der Waals surface area contributed by atoms with Crippen molar-refractivity contribution in [2.24, 2.45) is 0 Å². The molecule has 1 aliphatic heterocycles. The van der Waals surface area contributed by atoms with Crippen LogP contribution in [0.4, 0.5) is 21.6 Å². The summed E-state index contributed by atoms with van der Waals surface area (Å²) in [5.41, 5.74) is 2.10. The molecule has 28 heavy (non-hydrogen) atoms. The topological polar surface area (TPSA) is 48.5 Å². The SMILES string of the molecule is O=C(c1ccnc(Nc2ccccc2)c1)N1CCN(c2ccccc2F)CC1. The van der Waals surface area contributed by atoms with E-state index in [4.69, 9.17) is 0 Å². The molecule has 1 N–H and O–H groups in total. The van der Waals surface area contributed by atoms with Gasteiger partial charge < -0.3 is 15.1 Å². The zero-order valence-electron chi connectivity index (χ0n) is 15.4. The van der Waals surface area contributed by atoms with Crippen molar-refractivity contribution in [2.75, 3.05) is 36.4 Å². The maximum atomic E-state index is 14.0. The van der Waals surface area contributed by atoms with Crippen LogP contribution in [0.15, 0.2) is 72.9 Å². The second-order valence-electron chi connectivity index (χ2n) is 6.65. The number of pyridine rings is 1. The van der Waals surface area contributed by atoms with E-state index >= 15 is 0 Å². The van der Waals surface area contributed by atoms with Crippen LogP contribution in [0.3, 0.4) is 0 Å². The molecule has 5 nitrogen and oxygen atoms in total. The third-order valence-electron chi connectivity index (χ3n) is 4.81. The quantitative estimate of drug-likeness (QED) is 0.750. The summed E-state index contributed by atoms with van der Waals surface area (Å²) in [7, 11) is 0. The molecular formula is C22H21FN4O. The molecule has 0 aliphatic carbocycles. The van der Waals surface area contributed by atoms with Crippen LogP contribution in [0, 0.1) is 5.82 Å². The van der Waals surface area contributed by atoms with Crippen molar-refractivity contribution in [2.45, 2.75) is 0 Å². The van der Waals surface area contributed by atoms with Crippen molar-refractivity contribution >= 4 is 23.1 Å². The highest BCUT2D eigenvalue weighted by Gasteiger charge is 2.23. The highest BCUT2D eigenvalue weighted by molar-refractivity contribution is 5.95. The van der Waals surface area contributed by atoms with Gasteiger partial charge >= 0.3 is 0 Å². The number of nitrogens with zero attached hydrogens (tertiary/aromatic N) is 3. The van der Waals surface area contributed by atoms with Gasteiger partial charge in [0.15, 0.2) is 0 Å². The first-order valence-electron chi connectivity index (χ1n) is 9.27. The van der Waals surface area contributed by atoms with Crippen molar-refractivity contribution in [1.29, 1.82) is 0 Å². The second-order valence-corrected chi connectivity index (χ2v) is 6.65. The maximum absolute atomic E-state index is 14.0. The minimum absolute atomic E-state index is 0.0355. The Balaban J connectivity index is 1.41. The van der Waals surface area contributed by atoms with Crippen LogP contribution in [-0.4, -0.2) is 42.0 Å². The minimum Gasteiger partial charge on any atom is -0.366 e. The molecule has 1 aromatic heterocycles. The fraction of sp³-hybridized carbons (Fsp3) is 0.182. The van der Waals surface area contributed by atoms with Gasteiger partial charge in [0.05, 0.1) is 5.69 Å². The summed E-state index contributed by atoms with van der Waals surface area (Å²) in [6, 6.07) is 19.9. The van der Waals surface area contributed by atoms with Gasteiger partial charge in [0.1, 0.15) is 11.6 Å². The number of nitrogens with one attached hydrogen (secondary N) is 1. The molecule has 0 spiro atoms. The van der Waals surface area contributed by atoms with Crippen LogP contribution in [0.1, 0.15) is 10.4 Å². The first-order chi connectivity index (χ1) is 13.7. The largest absolute Gasteiger partial charge is 0.366 e. The Morgan fingerprint density at radius 1 is 0.929 bits per heavy atom. The highest BCUT2D eigenvalue weighted by atomic mass is 19.1. The molecule has 2 heterocycles.